The molecule has 0 aromatic rings. The van der Waals surface area contributed by atoms with E-state index in [-0.39, 0.29) is 12.6 Å². The van der Waals surface area contributed by atoms with E-state index in [9.17, 15) is 9.59 Å². The molecule has 1 unspecified atom stereocenters. The zero-order valence-corrected chi connectivity index (χ0v) is 13.1. The monoisotopic (exact) mass is 284 g/mol. The predicted octanol–water partition coefficient (Wildman–Crippen LogP) is 2.66. The van der Waals surface area contributed by atoms with Crippen LogP contribution in [0.4, 0.5) is 4.79 Å². The maximum Gasteiger partial charge on any atom is 0.320 e. The first-order valence-electron chi connectivity index (χ1n) is 7.57. The molecular weight excluding hydrogens is 256 g/mol. The molecule has 1 atom stereocenters. The summed E-state index contributed by atoms with van der Waals surface area (Å²) in [6.07, 6.45) is 4.51. The van der Waals surface area contributed by atoms with Gasteiger partial charge in [-0.05, 0) is 18.8 Å². The number of rotatable bonds is 6. The number of carboxylic acid groups (broad SMARTS) is 1. The summed E-state index contributed by atoms with van der Waals surface area (Å²) in [7, 11) is 1.70. The molecule has 0 aromatic heterocycles. The van der Waals surface area contributed by atoms with Gasteiger partial charge in [0, 0.05) is 26.2 Å². The van der Waals surface area contributed by atoms with Crippen LogP contribution in [0.3, 0.4) is 0 Å². The lowest BCUT2D eigenvalue weighted by atomic mass is 10.1. The fraction of sp³-hybridized carbons (Fsp3) is 0.867. The number of carbonyl (C=O) groups is 2. The number of carbonyl (C=O) groups excluding carboxylic acids is 1. The van der Waals surface area contributed by atoms with Crippen LogP contribution >= 0.6 is 0 Å². The smallest absolute Gasteiger partial charge is 0.320 e. The van der Waals surface area contributed by atoms with Crippen molar-refractivity contribution in [3.8, 4) is 0 Å². The van der Waals surface area contributed by atoms with Crippen LogP contribution in [0, 0.1) is 11.8 Å². The van der Waals surface area contributed by atoms with Crippen LogP contribution in [0.5, 0.6) is 0 Å². The molecule has 2 amide bonds. The molecule has 1 aliphatic rings. The lowest BCUT2D eigenvalue weighted by Gasteiger charge is -2.34. The predicted molar refractivity (Wildman–Crippen MR) is 78.6 cm³/mol. The van der Waals surface area contributed by atoms with Crippen LogP contribution in [-0.2, 0) is 4.79 Å². The number of aliphatic carboxylic acids is 1. The van der Waals surface area contributed by atoms with Gasteiger partial charge in [0.1, 0.15) is 0 Å². The number of amides is 2. The number of nitrogens with zero attached hydrogens (tertiary/aromatic N) is 2. The van der Waals surface area contributed by atoms with Crippen LogP contribution < -0.4 is 0 Å². The summed E-state index contributed by atoms with van der Waals surface area (Å²) in [4.78, 5) is 27.0. The van der Waals surface area contributed by atoms with Crippen molar-refractivity contribution in [2.45, 2.75) is 52.5 Å². The molecule has 5 nitrogen and oxygen atoms in total. The van der Waals surface area contributed by atoms with E-state index >= 15 is 0 Å². The van der Waals surface area contributed by atoms with E-state index in [0.717, 1.165) is 19.4 Å². The Morgan fingerprint density at radius 2 is 1.70 bits per heavy atom. The van der Waals surface area contributed by atoms with Crippen molar-refractivity contribution in [2.75, 3.05) is 20.1 Å². The van der Waals surface area contributed by atoms with E-state index in [4.69, 9.17) is 5.11 Å². The van der Waals surface area contributed by atoms with Gasteiger partial charge >= 0.3 is 12.0 Å². The summed E-state index contributed by atoms with van der Waals surface area (Å²) < 4.78 is 0. The van der Waals surface area contributed by atoms with Crippen molar-refractivity contribution in [1.82, 2.24) is 9.80 Å². The molecule has 0 saturated heterocycles. The van der Waals surface area contributed by atoms with Gasteiger partial charge in [-0.1, -0.05) is 33.6 Å². The molecule has 20 heavy (non-hydrogen) atoms. The third kappa shape index (κ3) is 4.69. The Balaban J connectivity index is 2.68. The Morgan fingerprint density at radius 1 is 1.15 bits per heavy atom. The summed E-state index contributed by atoms with van der Waals surface area (Å²) in [6, 6.07) is 0.297. The summed E-state index contributed by atoms with van der Waals surface area (Å²) in [5, 5.41) is 8.96. The Bertz CT molecular complexity index is 338. The third-order valence-electron chi connectivity index (χ3n) is 3.87. The molecule has 1 aliphatic carbocycles. The molecule has 0 spiro atoms. The summed E-state index contributed by atoms with van der Waals surface area (Å²) in [5.41, 5.74) is 0. The molecular formula is C15H28N2O3. The van der Waals surface area contributed by atoms with Crippen molar-refractivity contribution in [3.63, 3.8) is 0 Å². The van der Waals surface area contributed by atoms with Gasteiger partial charge in [-0.25, -0.2) is 4.79 Å². The lowest BCUT2D eigenvalue weighted by molar-refractivity contribution is -0.141. The SMILES string of the molecule is CC(C)CN(C(=O)N(C)CC(C)C(=O)O)C1CCCC1. The minimum absolute atomic E-state index is 0.0290. The normalized spacial score (nSPS) is 17.2. The van der Waals surface area contributed by atoms with Crippen LogP contribution in [0.1, 0.15) is 46.5 Å². The minimum Gasteiger partial charge on any atom is -0.481 e. The molecule has 0 aromatic carbocycles. The minimum atomic E-state index is -0.860. The van der Waals surface area contributed by atoms with Gasteiger partial charge in [-0.3, -0.25) is 4.79 Å². The number of hydrogen-bond donors (Lipinski definition) is 1. The van der Waals surface area contributed by atoms with Gasteiger partial charge in [0.15, 0.2) is 0 Å². The third-order valence-corrected chi connectivity index (χ3v) is 3.87. The molecule has 0 aliphatic heterocycles. The fourth-order valence-corrected chi connectivity index (χ4v) is 2.78. The molecule has 0 heterocycles. The molecule has 116 valence electrons. The van der Waals surface area contributed by atoms with Crippen molar-refractivity contribution >= 4 is 12.0 Å². The maximum absolute atomic E-state index is 12.6. The van der Waals surface area contributed by atoms with Crippen molar-refractivity contribution in [2.24, 2.45) is 11.8 Å². The highest BCUT2D eigenvalue weighted by atomic mass is 16.4. The van der Waals surface area contributed by atoms with Gasteiger partial charge in [0.05, 0.1) is 5.92 Å². The van der Waals surface area contributed by atoms with E-state index in [1.54, 1.807) is 18.9 Å². The zero-order valence-electron chi connectivity index (χ0n) is 13.1. The Hall–Kier alpha value is -1.26. The number of hydrogen-bond acceptors (Lipinski definition) is 2. The first-order valence-corrected chi connectivity index (χ1v) is 7.57. The van der Waals surface area contributed by atoms with Gasteiger partial charge in [-0.15, -0.1) is 0 Å². The fourth-order valence-electron chi connectivity index (χ4n) is 2.78. The average Bonchev–Trinajstić information content (AvgIpc) is 2.88. The molecule has 1 fully saturated rings. The Labute approximate surface area is 121 Å². The largest absolute Gasteiger partial charge is 0.481 e. The highest BCUT2D eigenvalue weighted by Crippen LogP contribution is 2.25. The first kappa shape index (κ1) is 16.8. The Morgan fingerprint density at radius 3 is 2.15 bits per heavy atom. The van der Waals surface area contributed by atoms with E-state index in [0.29, 0.717) is 12.0 Å². The second-order valence-electron chi connectivity index (χ2n) is 6.39. The first-order chi connectivity index (χ1) is 9.32. The van der Waals surface area contributed by atoms with Gasteiger partial charge in [0.25, 0.3) is 0 Å². The molecule has 5 heteroatoms. The quantitative estimate of drug-likeness (QED) is 0.815. The van der Waals surface area contributed by atoms with Crippen molar-refractivity contribution in [1.29, 1.82) is 0 Å². The van der Waals surface area contributed by atoms with Gasteiger partial charge < -0.3 is 14.9 Å². The summed E-state index contributed by atoms with van der Waals surface area (Å²) in [6.45, 7) is 6.85. The average molecular weight is 284 g/mol. The van der Waals surface area contributed by atoms with Gasteiger partial charge in [0.2, 0.25) is 0 Å². The van der Waals surface area contributed by atoms with E-state index in [2.05, 4.69) is 13.8 Å². The highest BCUT2D eigenvalue weighted by molar-refractivity contribution is 5.76. The van der Waals surface area contributed by atoms with Crippen LogP contribution in [0.15, 0.2) is 0 Å². The standard InChI is InChI=1S/C15H28N2O3/c1-11(2)9-17(13-7-5-6-8-13)15(20)16(4)10-12(3)14(18)19/h11-13H,5-10H2,1-4H3,(H,18,19). The molecule has 1 rings (SSSR count). The van der Waals surface area contributed by atoms with Crippen LogP contribution in [-0.4, -0.2) is 53.1 Å². The number of carboxylic acids is 1. The van der Waals surface area contributed by atoms with Gasteiger partial charge in [-0.2, -0.15) is 0 Å². The highest BCUT2D eigenvalue weighted by Gasteiger charge is 2.30. The summed E-state index contributed by atoms with van der Waals surface area (Å²) in [5.74, 6) is -0.973. The van der Waals surface area contributed by atoms with E-state index in [1.165, 1.54) is 12.8 Å². The van der Waals surface area contributed by atoms with Crippen LogP contribution in [0.25, 0.3) is 0 Å². The second kappa shape index (κ2) is 7.50. The second-order valence-corrected chi connectivity index (χ2v) is 6.39. The maximum atomic E-state index is 12.6. The topological polar surface area (TPSA) is 60.9 Å². The molecule has 1 N–H and O–H groups in total. The van der Waals surface area contributed by atoms with Crippen molar-refractivity contribution in [3.05, 3.63) is 0 Å². The van der Waals surface area contributed by atoms with Crippen molar-refractivity contribution < 1.29 is 14.7 Å². The van der Waals surface area contributed by atoms with Crippen LogP contribution in [0.2, 0.25) is 0 Å². The molecule has 0 bridgehead atoms. The molecule has 0 radical (unpaired) electrons. The summed E-state index contributed by atoms with van der Waals surface area (Å²) >= 11 is 0. The van der Waals surface area contributed by atoms with E-state index < -0.39 is 11.9 Å². The molecule has 1 saturated carbocycles. The lowest BCUT2D eigenvalue weighted by Crippen LogP contribution is -2.49. The Kier molecular flexibility index (Phi) is 6.30. The number of urea groups is 1. The van der Waals surface area contributed by atoms with E-state index in [1.807, 2.05) is 4.90 Å². The zero-order chi connectivity index (χ0) is 15.3.